The van der Waals surface area contributed by atoms with Crippen LogP contribution >= 0.6 is 0 Å². The van der Waals surface area contributed by atoms with E-state index >= 15 is 0 Å². The Morgan fingerprint density at radius 2 is 0.595 bits per heavy atom. The first-order valence-corrected chi connectivity index (χ1v) is 36.4. The van der Waals surface area contributed by atoms with Gasteiger partial charge < -0.3 is 20.3 Å². The van der Waals surface area contributed by atoms with Gasteiger partial charge in [0.05, 0.1) is 25.4 Å². The predicted octanol–water partition coefficient (Wildman–Crippen LogP) is 23.5. The summed E-state index contributed by atoms with van der Waals surface area (Å²) in [5, 5.41) is 23.4. The molecule has 470 valence electrons. The number of aliphatic hydroxyl groups is 2. The maximum atomic E-state index is 12.5. The first-order valence-electron chi connectivity index (χ1n) is 36.4. The molecule has 0 aromatic rings. The Morgan fingerprint density at radius 3 is 0.899 bits per heavy atom. The number of hydrogen-bond donors (Lipinski definition) is 3. The summed E-state index contributed by atoms with van der Waals surface area (Å²) in [4.78, 5) is 24.6. The van der Waals surface area contributed by atoms with E-state index < -0.39 is 12.1 Å². The quantitative estimate of drug-likeness (QED) is 0.0320. The van der Waals surface area contributed by atoms with Gasteiger partial charge in [0, 0.05) is 12.8 Å². The molecule has 79 heavy (non-hydrogen) atoms. The smallest absolute Gasteiger partial charge is 0.305 e. The van der Waals surface area contributed by atoms with Gasteiger partial charge in [-0.3, -0.25) is 9.59 Å². The highest BCUT2D eigenvalue weighted by molar-refractivity contribution is 5.76. The molecule has 6 heteroatoms. The van der Waals surface area contributed by atoms with Crippen molar-refractivity contribution < 1.29 is 24.5 Å². The number of hydrogen-bond acceptors (Lipinski definition) is 5. The molecule has 0 aliphatic carbocycles. The van der Waals surface area contributed by atoms with Crippen molar-refractivity contribution in [3.05, 3.63) is 12.2 Å². The Kier molecular flexibility index (Phi) is 67.9. The van der Waals surface area contributed by atoms with Crippen LogP contribution in [-0.2, 0) is 14.3 Å². The molecule has 0 fully saturated rings. The number of nitrogens with one attached hydrogen (secondary N) is 1. The standard InChI is InChI=1S/C73H143NO5/c1-3-5-7-9-11-13-15-17-19-38-41-45-49-53-57-61-65-71(76)70(69-75)74-72(77)66-62-58-54-50-46-42-39-35-33-31-29-27-25-23-21-20-22-24-26-28-30-32-34-36-40-44-48-52-56-60-64-68-79-73(78)67-63-59-55-51-47-43-37-18-16-14-12-10-8-6-4-2/h22,24,70-71,75-76H,3-21,23,25-69H2,1-2H3,(H,74,77)/b24-22-. The summed E-state index contributed by atoms with van der Waals surface area (Å²) in [6.45, 7) is 5.00. The highest BCUT2D eigenvalue weighted by Crippen LogP contribution is 2.19. The van der Waals surface area contributed by atoms with Crippen LogP contribution < -0.4 is 5.32 Å². The molecule has 0 aromatic carbocycles. The van der Waals surface area contributed by atoms with Gasteiger partial charge in [0.1, 0.15) is 0 Å². The number of unbranched alkanes of at least 4 members (excludes halogenated alkanes) is 56. The molecular weight excluding hydrogens is 971 g/mol. The summed E-state index contributed by atoms with van der Waals surface area (Å²) in [6, 6.07) is -0.539. The molecule has 2 unspecified atom stereocenters. The maximum absolute atomic E-state index is 12.5. The van der Waals surface area contributed by atoms with E-state index in [4.69, 9.17) is 4.74 Å². The molecule has 0 spiro atoms. The van der Waals surface area contributed by atoms with Crippen LogP contribution in [0.4, 0.5) is 0 Å². The number of allylic oxidation sites excluding steroid dienone is 2. The minimum absolute atomic E-state index is 0.0216. The molecular formula is C73H143NO5. The van der Waals surface area contributed by atoms with Crippen molar-refractivity contribution in [1.82, 2.24) is 5.32 Å². The highest BCUT2D eigenvalue weighted by atomic mass is 16.5. The van der Waals surface area contributed by atoms with E-state index in [-0.39, 0.29) is 18.5 Å². The average Bonchev–Trinajstić information content (AvgIpc) is 3.45. The number of rotatable bonds is 69. The van der Waals surface area contributed by atoms with Crippen molar-refractivity contribution in [1.29, 1.82) is 0 Å². The van der Waals surface area contributed by atoms with Gasteiger partial charge in [-0.2, -0.15) is 0 Å². The van der Waals surface area contributed by atoms with Gasteiger partial charge >= 0.3 is 5.97 Å². The maximum Gasteiger partial charge on any atom is 0.305 e. The SMILES string of the molecule is CCCCCCCCCCCCCCCCCCC(O)C(CO)NC(=O)CCCCCCCCCCCCCCCCC/C=C\CCCCCCCCCCCCCCOC(=O)CCCCCCCCCCCCCCCCC. The van der Waals surface area contributed by atoms with Crippen molar-refractivity contribution in [3.8, 4) is 0 Å². The number of amides is 1. The lowest BCUT2D eigenvalue weighted by Crippen LogP contribution is -2.45. The van der Waals surface area contributed by atoms with Crippen molar-refractivity contribution in [2.75, 3.05) is 13.2 Å². The van der Waals surface area contributed by atoms with Gasteiger partial charge in [0.2, 0.25) is 5.91 Å². The third kappa shape index (κ3) is 65.6. The molecule has 6 nitrogen and oxygen atoms in total. The lowest BCUT2D eigenvalue weighted by molar-refractivity contribution is -0.143. The fraction of sp³-hybridized carbons (Fsp3) is 0.945. The summed E-state index contributed by atoms with van der Waals surface area (Å²) in [7, 11) is 0. The second-order valence-electron chi connectivity index (χ2n) is 25.3. The van der Waals surface area contributed by atoms with E-state index in [1.165, 1.54) is 347 Å². The molecule has 0 aliphatic heterocycles. The number of esters is 1. The zero-order valence-electron chi connectivity index (χ0n) is 53.9. The number of carbonyl (C=O) groups excluding carboxylic acids is 2. The predicted molar refractivity (Wildman–Crippen MR) is 347 cm³/mol. The zero-order chi connectivity index (χ0) is 57.1. The van der Waals surface area contributed by atoms with E-state index in [0.717, 1.165) is 38.5 Å². The minimum atomic E-state index is -0.662. The van der Waals surface area contributed by atoms with Crippen LogP contribution in [0.3, 0.4) is 0 Å². The molecule has 0 heterocycles. The van der Waals surface area contributed by atoms with Crippen LogP contribution in [0.15, 0.2) is 12.2 Å². The Hall–Kier alpha value is -1.40. The molecule has 0 radical (unpaired) electrons. The summed E-state index contributed by atoms with van der Waals surface area (Å²) < 4.78 is 5.50. The summed E-state index contributed by atoms with van der Waals surface area (Å²) in [5.74, 6) is -0.00743. The summed E-state index contributed by atoms with van der Waals surface area (Å²) in [5.41, 5.74) is 0. The fourth-order valence-corrected chi connectivity index (χ4v) is 11.8. The largest absolute Gasteiger partial charge is 0.466 e. The van der Waals surface area contributed by atoms with Gasteiger partial charge in [0.15, 0.2) is 0 Å². The van der Waals surface area contributed by atoms with Crippen LogP contribution in [0.5, 0.6) is 0 Å². The summed E-state index contributed by atoms with van der Waals surface area (Å²) >= 11 is 0. The summed E-state index contributed by atoms with van der Waals surface area (Å²) in [6.07, 6.45) is 85.6. The van der Waals surface area contributed by atoms with Gasteiger partial charge in [-0.25, -0.2) is 0 Å². The zero-order valence-corrected chi connectivity index (χ0v) is 53.9. The molecule has 0 saturated heterocycles. The van der Waals surface area contributed by atoms with E-state index in [1.54, 1.807) is 0 Å². The first-order chi connectivity index (χ1) is 39.0. The van der Waals surface area contributed by atoms with E-state index in [2.05, 4.69) is 31.3 Å². The van der Waals surface area contributed by atoms with Crippen molar-refractivity contribution in [3.63, 3.8) is 0 Å². The third-order valence-corrected chi connectivity index (χ3v) is 17.3. The second-order valence-corrected chi connectivity index (χ2v) is 25.3. The van der Waals surface area contributed by atoms with Crippen LogP contribution in [-0.4, -0.2) is 47.4 Å². The van der Waals surface area contributed by atoms with Crippen molar-refractivity contribution in [2.24, 2.45) is 0 Å². The molecule has 0 aliphatic rings. The molecule has 3 N–H and O–H groups in total. The van der Waals surface area contributed by atoms with Crippen LogP contribution in [0.25, 0.3) is 0 Å². The van der Waals surface area contributed by atoms with Crippen LogP contribution in [0.1, 0.15) is 418 Å². The third-order valence-electron chi connectivity index (χ3n) is 17.3. The van der Waals surface area contributed by atoms with E-state index in [9.17, 15) is 19.8 Å². The Balaban J connectivity index is 3.34. The highest BCUT2D eigenvalue weighted by Gasteiger charge is 2.20. The Labute approximate surface area is 495 Å². The average molecular weight is 1110 g/mol. The molecule has 0 saturated carbocycles. The monoisotopic (exact) mass is 1110 g/mol. The Morgan fingerprint density at radius 1 is 0.342 bits per heavy atom. The topological polar surface area (TPSA) is 95.9 Å². The first kappa shape index (κ1) is 77.6. The van der Waals surface area contributed by atoms with Gasteiger partial charge in [0.25, 0.3) is 0 Å². The minimum Gasteiger partial charge on any atom is -0.466 e. The van der Waals surface area contributed by atoms with Crippen LogP contribution in [0.2, 0.25) is 0 Å². The fourth-order valence-electron chi connectivity index (χ4n) is 11.8. The molecule has 0 rings (SSSR count). The lowest BCUT2D eigenvalue weighted by atomic mass is 10.0. The van der Waals surface area contributed by atoms with E-state index in [0.29, 0.717) is 25.9 Å². The van der Waals surface area contributed by atoms with Gasteiger partial charge in [-0.05, 0) is 51.4 Å². The molecule has 2 atom stereocenters. The van der Waals surface area contributed by atoms with E-state index in [1.807, 2.05) is 0 Å². The molecule has 1 amide bonds. The number of aliphatic hydroxyl groups excluding tert-OH is 2. The second kappa shape index (κ2) is 69.1. The normalized spacial score (nSPS) is 12.5. The van der Waals surface area contributed by atoms with Gasteiger partial charge in [-0.1, -0.05) is 366 Å². The van der Waals surface area contributed by atoms with Crippen LogP contribution in [0, 0.1) is 0 Å². The Bertz CT molecular complexity index is 1190. The number of carbonyl (C=O) groups is 2. The molecule has 0 aromatic heterocycles. The lowest BCUT2D eigenvalue weighted by Gasteiger charge is -2.22. The number of ether oxygens (including phenoxy) is 1. The van der Waals surface area contributed by atoms with Gasteiger partial charge in [-0.15, -0.1) is 0 Å². The van der Waals surface area contributed by atoms with Crippen molar-refractivity contribution >= 4 is 11.9 Å². The van der Waals surface area contributed by atoms with Crippen molar-refractivity contribution in [2.45, 2.75) is 431 Å². The molecule has 0 bridgehead atoms.